The van der Waals surface area contributed by atoms with Crippen LogP contribution in [0.4, 0.5) is 0 Å². The van der Waals surface area contributed by atoms with Crippen molar-refractivity contribution in [2.24, 2.45) is 0 Å². The maximum atomic E-state index is 12.3. The Balaban J connectivity index is 1.81. The highest BCUT2D eigenvalue weighted by Gasteiger charge is 2.17. The summed E-state index contributed by atoms with van der Waals surface area (Å²) in [5, 5.41) is 15.7. The summed E-state index contributed by atoms with van der Waals surface area (Å²) < 4.78 is 6.20. The van der Waals surface area contributed by atoms with Gasteiger partial charge in [-0.05, 0) is 24.5 Å². The van der Waals surface area contributed by atoms with Crippen molar-refractivity contribution in [1.29, 1.82) is 0 Å². The minimum atomic E-state index is -0.539. The number of carbonyl (C=O) groups is 1. The molecule has 3 rings (SSSR count). The summed E-state index contributed by atoms with van der Waals surface area (Å²) >= 11 is 0. The smallest absolute Gasteiger partial charge is 0.343 e. The number of aliphatic hydroxyl groups excluding tert-OH is 1. The maximum Gasteiger partial charge on any atom is 0.343 e. The topological polar surface area (TPSA) is 109 Å². The van der Waals surface area contributed by atoms with E-state index in [4.69, 9.17) is 4.74 Å². The zero-order chi connectivity index (χ0) is 20.1. The first-order valence-electron chi connectivity index (χ1n) is 9.27. The summed E-state index contributed by atoms with van der Waals surface area (Å²) in [5.41, 5.74) is 2.74. The van der Waals surface area contributed by atoms with Crippen LogP contribution in [0.25, 0.3) is 5.65 Å². The van der Waals surface area contributed by atoms with Gasteiger partial charge in [0.1, 0.15) is 5.56 Å². The number of H-pyrrole nitrogens is 1. The summed E-state index contributed by atoms with van der Waals surface area (Å²) in [6.07, 6.45) is 2.36. The third kappa shape index (κ3) is 4.13. The summed E-state index contributed by atoms with van der Waals surface area (Å²) in [5.74, 6) is -0.539. The van der Waals surface area contributed by atoms with Gasteiger partial charge in [0.2, 0.25) is 0 Å². The molecule has 2 heterocycles. The van der Waals surface area contributed by atoms with E-state index in [1.165, 1.54) is 22.3 Å². The summed E-state index contributed by atoms with van der Waals surface area (Å²) in [6.45, 7) is 4.20. The number of benzene rings is 1. The molecule has 0 aliphatic carbocycles. The number of hydrogen-bond acceptors (Lipinski definition) is 6. The first-order chi connectivity index (χ1) is 13.6. The summed E-state index contributed by atoms with van der Waals surface area (Å²) in [6, 6.07) is 9.11. The SMILES string of the molecule is CCOC(=O)c1c[nH]n2c(=O)cc(CNC(CO)c3ccc(CC)cc3)nc12. The molecule has 1 atom stereocenters. The van der Waals surface area contributed by atoms with Gasteiger partial charge in [0.05, 0.1) is 24.9 Å². The number of fused-ring (bicyclic) bond motifs is 1. The van der Waals surface area contributed by atoms with Gasteiger partial charge in [0.15, 0.2) is 5.65 Å². The number of carbonyl (C=O) groups excluding carboxylic acids is 1. The van der Waals surface area contributed by atoms with E-state index < -0.39 is 5.97 Å². The number of hydrogen-bond donors (Lipinski definition) is 3. The highest BCUT2D eigenvalue weighted by Crippen LogP contribution is 2.15. The Morgan fingerprint density at radius 3 is 2.71 bits per heavy atom. The minimum absolute atomic E-state index is 0.0923. The fourth-order valence-electron chi connectivity index (χ4n) is 2.98. The second-order valence-electron chi connectivity index (χ2n) is 6.36. The van der Waals surface area contributed by atoms with Gasteiger partial charge in [0.25, 0.3) is 5.56 Å². The van der Waals surface area contributed by atoms with Crippen LogP contribution in [0.3, 0.4) is 0 Å². The van der Waals surface area contributed by atoms with Crippen molar-refractivity contribution in [2.75, 3.05) is 13.2 Å². The third-order valence-corrected chi connectivity index (χ3v) is 4.55. The van der Waals surface area contributed by atoms with E-state index in [1.54, 1.807) is 6.92 Å². The Kier molecular flexibility index (Phi) is 6.23. The molecule has 3 aromatic rings. The van der Waals surface area contributed by atoms with Crippen LogP contribution in [0.5, 0.6) is 0 Å². The van der Waals surface area contributed by atoms with Crippen LogP contribution in [0.1, 0.15) is 47.1 Å². The minimum Gasteiger partial charge on any atom is -0.462 e. The Hall–Kier alpha value is -2.97. The fourth-order valence-corrected chi connectivity index (χ4v) is 2.98. The number of ether oxygens (including phenoxy) is 1. The number of rotatable bonds is 8. The highest BCUT2D eigenvalue weighted by atomic mass is 16.5. The van der Waals surface area contributed by atoms with Gasteiger partial charge in [-0.25, -0.2) is 14.3 Å². The molecule has 3 N–H and O–H groups in total. The normalized spacial score (nSPS) is 12.2. The van der Waals surface area contributed by atoms with Crippen molar-refractivity contribution in [1.82, 2.24) is 19.9 Å². The molecule has 148 valence electrons. The first-order valence-corrected chi connectivity index (χ1v) is 9.27. The van der Waals surface area contributed by atoms with Gasteiger partial charge in [0, 0.05) is 18.8 Å². The van der Waals surface area contributed by atoms with E-state index in [0.29, 0.717) is 5.69 Å². The Labute approximate surface area is 162 Å². The molecular weight excluding hydrogens is 360 g/mol. The molecule has 1 unspecified atom stereocenters. The molecular formula is C20H24N4O4. The van der Waals surface area contributed by atoms with Crippen molar-refractivity contribution in [3.63, 3.8) is 0 Å². The standard InChI is InChI=1S/C20H24N4O4/c1-3-13-5-7-14(8-6-13)17(12-25)21-10-15-9-18(26)24-19(23-15)16(11-22-24)20(27)28-4-2/h5-9,11,17,21-22,25H,3-4,10,12H2,1-2H3. The van der Waals surface area contributed by atoms with Crippen LogP contribution in [0, 0.1) is 0 Å². The average molecular weight is 384 g/mol. The summed E-state index contributed by atoms with van der Waals surface area (Å²) in [4.78, 5) is 28.8. The largest absolute Gasteiger partial charge is 0.462 e. The monoisotopic (exact) mass is 384 g/mol. The molecule has 8 heteroatoms. The van der Waals surface area contributed by atoms with E-state index >= 15 is 0 Å². The van der Waals surface area contributed by atoms with Crippen LogP contribution < -0.4 is 10.9 Å². The molecule has 0 saturated heterocycles. The lowest BCUT2D eigenvalue weighted by molar-refractivity contribution is 0.0528. The molecule has 0 aliphatic heterocycles. The number of aromatic nitrogens is 3. The van der Waals surface area contributed by atoms with Crippen molar-refractivity contribution in [3.8, 4) is 0 Å². The van der Waals surface area contributed by atoms with E-state index in [1.807, 2.05) is 24.3 Å². The second-order valence-corrected chi connectivity index (χ2v) is 6.36. The third-order valence-electron chi connectivity index (χ3n) is 4.55. The van der Waals surface area contributed by atoms with Gasteiger partial charge >= 0.3 is 5.97 Å². The Morgan fingerprint density at radius 1 is 1.32 bits per heavy atom. The molecule has 0 radical (unpaired) electrons. The van der Waals surface area contributed by atoms with Crippen molar-refractivity contribution < 1.29 is 14.6 Å². The average Bonchev–Trinajstić information content (AvgIpc) is 3.14. The molecule has 0 fully saturated rings. The van der Waals surface area contributed by atoms with E-state index in [-0.39, 0.29) is 42.6 Å². The highest BCUT2D eigenvalue weighted by molar-refractivity contribution is 5.95. The quantitative estimate of drug-likeness (QED) is 0.509. The van der Waals surface area contributed by atoms with Crippen LogP contribution in [0.15, 0.2) is 41.3 Å². The molecule has 0 amide bonds. The second kappa shape index (κ2) is 8.81. The molecule has 0 saturated carbocycles. The predicted molar refractivity (Wildman–Crippen MR) is 104 cm³/mol. The molecule has 8 nitrogen and oxygen atoms in total. The number of aromatic amines is 1. The molecule has 0 bridgehead atoms. The van der Waals surface area contributed by atoms with E-state index in [0.717, 1.165) is 12.0 Å². The first kappa shape index (κ1) is 19.8. The summed E-state index contributed by atoms with van der Waals surface area (Å²) in [7, 11) is 0. The maximum absolute atomic E-state index is 12.3. The van der Waals surface area contributed by atoms with Gasteiger partial charge in [-0.3, -0.25) is 9.89 Å². The van der Waals surface area contributed by atoms with E-state index in [9.17, 15) is 14.7 Å². The number of esters is 1. The predicted octanol–water partition coefficient (Wildman–Crippen LogP) is 1.58. The number of aryl methyl sites for hydroxylation is 1. The molecule has 0 spiro atoms. The van der Waals surface area contributed by atoms with Gasteiger partial charge in [-0.1, -0.05) is 31.2 Å². The van der Waals surface area contributed by atoms with Crippen molar-refractivity contribution >= 4 is 11.6 Å². The molecule has 0 aliphatic rings. The van der Waals surface area contributed by atoms with Crippen LogP contribution in [-0.4, -0.2) is 38.9 Å². The number of nitrogens with one attached hydrogen (secondary N) is 2. The van der Waals surface area contributed by atoms with Crippen LogP contribution in [-0.2, 0) is 17.7 Å². The number of nitrogens with zero attached hydrogens (tertiary/aromatic N) is 2. The van der Waals surface area contributed by atoms with E-state index in [2.05, 4.69) is 22.3 Å². The number of aliphatic hydroxyl groups is 1. The zero-order valence-electron chi connectivity index (χ0n) is 15.9. The lowest BCUT2D eigenvalue weighted by Crippen LogP contribution is -2.26. The van der Waals surface area contributed by atoms with Gasteiger partial charge in [-0.2, -0.15) is 0 Å². The lowest BCUT2D eigenvalue weighted by atomic mass is 10.0. The van der Waals surface area contributed by atoms with Gasteiger partial charge in [-0.15, -0.1) is 0 Å². The Morgan fingerprint density at radius 2 is 2.07 bits per heavy atom. The van der Waals surface area contributed by atoms with Crippen molar-refractivity contribution in [2.45, 2.75) is 32.9 Å². The van der Waals surface area contributed by atoms with Crippen molar-refractivity contribution in [3.05, 3.63) is 69.3 Å². The van der Waals surface area contributed by atoms with Crippen LogP contribution >= 0.6 is 0 Å². The van der Waals surface area contributed by atoms with Gasteiger partial charge < -0.3 is 15.2 Å². The molecule has 1 aromatic carbocycles. The fraction of sp³-hybridized carbons (Fsp3) is 0.350. The zero-order valence-corrected chi connectivity index (χ0v) is 15.9. The molecule has 28 heavy (non-hydrogen) atoms. The Bertz CT molecular complexity index is 1010. The molecule has 2 aromatic heterocycles. The van der Waals surface area contributed by atoms with Crippen LogP contribution in [0.2, 0.25) is 0 Å². The lowest BCUT2D eigenvalue weighted by Gasteiger charge is -2.17.